The highest BCUT2D eigenvalue weighted by atomic mass is 32.1. The van der Waals surface area contributed by atoms with E-state index in [4.69, 9.17) is 0 Å². The molecule has 0 aliphatic carbocycles. The van der Waals surface area contributed by atoms with Gasteiger partial charge in [0.2, 0.25) is 0 Å². The van der Waals surface area contributed by atoms with Gasteiger partial charge in [0.15, 0.2) is 0 Å². The molecule has 0 aliphatic heterocycles. The van der Waals surface area contributed by atoms with Gasteiger partial charge in [-0.05, 0) is 42.5 Å². The minimum atomic E-state index is -0.172. The van der Waals surface area contributed by atoms with Gasteiger partial charge < -0.3 is 5.32 Å². The molecule has 3 heteroatoms. The number of hydrogen-bond acceptors (Lipinski definition) is 2. The summed E-state index contributed by atoms with van der Waals surface area (Å²) in [6.45, 7) is 2.97. The normalized spacial score (nSPS) is 12.6. The first kappa shape index (κ1) is 12.3. The number of nitrogens with one attached hydrogen (secondary N) is 1. The summed E-state index contributed by atoms with van der Waals surface area (Å²) in [5.74, 6) is -0.172. The fraction of sp³-hybridized carbons (Fsp3) is 0.286. The fourth-order valence-electron chi connectivity index (χ4n) is 1.76. The van der Waals surface area contributed by atoms with E-state index in [9.17, 15) is 4.39 Å². The maximum atomic E-state index is 13.0. The van der Waals surface area contributed by atoms with Crippen LogP contribution in [0.5, 0.6) is 0 Å². The van der Waals surface area contributed by atoms with Crippen molar-refractivity contribution in [3.05, 3.63) is 58.0 Å². The molecule has 0 bridgehead atoms. The first-order valence-corrected chi connectivity index (χ1v) is 6.65. The molecule has 1 atom stereocenters. The van der Waals surface area contributed by atoms with Gasteiger partial charge in [-0.2, -0.15) is 0 Å². The molecule has 1 N–H and O–H groups in total. The minimum Gasteiger partial charge on any atom is -0.310 e. The molecule has 17 heavy (non-hydrogen) atoms. The highest BCUT2D eigenvalue weighted by Crippen LogP contribution is 2.14. The van der Waals surface area contributed by atoms with Crippen molar-refractivity contribution < 1.29 is 4.39 Å². The van der Waals surface area contributed by atoms with Crippen LogP contribution in [0.4, 0.5) is 4.39 Å². The predicted molar refractivity (Wildman–Crippen MR) is 70.8 cm³/mol. The lowest BCUT2D eigenvalue weighted by Gasteiger charge is -2.13. The van der Waals surface area contributed by atoms with E-state index in [-0.39, 0.29) is 11.9 Å². The van der Waals surface area contributed by atoms with Gasteiger partial charge in [-0.25, -0.2) is 4.39 Å². The summed E-state index contributed by atoms with van der Waals surface area (Å²) in [6, 6.07) is 11.2. The Morgan fingerprint density at radius 2 is 2.18 bits per heavy atom. The van der Waals surface area contributed by atoms with E-state index >= 15 is 0 Å². The van der Waals surface area contributed by atoms with E-state index in [0.717, 1.165) is 18.5 Å². The molecule has 1 aromatic heterocycles. The third kappa shape index (κ3) is 3.65. The fourth-order valence-corrected chi connectivity index (χ4v) is 2.47. The van der Waals surface area contributed by atoms with E-state index in [0.29, 0.717) is 0 Å². The van der Waals surface area contributed by atoms with Gasteiger partial charge in [0, 0.05) is 17.5 Å². The lowest BCUT2D eigenvalue weighted by Crippen LogP contribution is -2.21. The number of rotatable bonds is 5. The Balaban J connectivity index is 1.83. The van der Waals surface area contributed by atoms with Crippen LogP contribution in [0.3, 0.4) is 0 Å². The largest absolute Gasteiger partial charge is 0.310 e. The Kier molecular flexibility index (Phi) is 4.29. The molecule has 0 fully saturated rings. The zero-order valence-electron chi connectivity index (χ0n) is 9.82. The first-order chi connectivity index (χ1) is 8.25. The van der Waals surface area contributed by atoms with Crippen LogP contribution in [-0.2, 0) is 6.42 Å². The molecule has 0 radical (unpaired) electrons. The highest BCUT2D eigenvalue weighted by molar-refractivity contribution is 7.09. The second-order valence-corrected chi connectivity index (χ2v) is 5.09. The molecular formula is C14H16FNS. The molecule has 0 saturated heterocycles. The highest BCUT2D eigenvalue weighted by Gasteiger charge is 2.05. The third-order valence-corrected chi connectivity index (χ3v) is 3.69. The van der Waals surface area contributed by atoms with Crippen LogP contribution in [0.25, 0.3) is 0 Å². The smallest absolute Gasteiger partial charge is 0.123 e. The summed E-state index contributed by atoms with van der Waals surface area (Å²) in [4.78, 5) is 1.38. The molecule has 0 spiro atoms. The number of thiophene rings is 1. The van der Waals surface area contributed by atoms with Crippen LogP contribution in [-0.4, -0.2) is 6.54 Å². The SMILES string of the molecule is C[C@@H](NCCc1cccs1)c1cccc(F)c1. The number of benzene rings is 1. The summed E-state index contributed by atoms with van der Waals surface area (Å²) in [5, 5.41) is 5.49. The Bertz CT molecular complexity index is 453. The Morgan fingerprint density at radius 3 is 2.88 bits per heavy atom. The van der Waals surface area contributed by atoms with Gasteiger partial charge in [0.25, 0.3) is 0 Å². The summed E-state index contributed by atoms with van der Waals surface area (Å²) in [5.41, 5.74) is 0.996. The van der Waals surface area contributed by atoms with E-state index in [2.05, 4.69) is 29.8 Å². The summed E-state index contributed by atoms with van der Waals surface area (Å²) in [7, 11) is 0. The van der Waals surface area contributed by atoms with Crippen molar-refractivity contribution in [2.45, 2.75) is 19.4 Å². The van der Waals surface area contributed by atoms with Crippen LogP contribution in [0, 0.1) is 5.82 Å². The van der Waals surface area contributed by atoms with Gasteiger partial charge in [0.05, 0.1) is 0 Å². The van der Waals surface area contributed by atoms with Crippen LogP contribution >= 0.6 is 11.3 Å². The van der Waals surface area contributed by atoms with Crippen molar-refractivity contribution in [2.75, 3.05) is 6.54 Å². The van der Waals surface area contributed by atoms with E-state index in [1.165, 1.54) is 10.9 Å². The molecule has 2 aromatic rings. The van der Waals surface area contributed by atoms with E-state index < -0.39 is 0 Å². The quantitative estimate of drug-likeness (QED) is 0.850. The summed E-state index contributed by atoms with van der Waals surface area (Å²) < 4.78 is 13.0. The van der Waals surface area contributed by atoms with Crippen molar-refractivity contribution in [1.29, 1.82) is 0 Å². The Labute approximate surface area is 105 Å². The van der Waals surface area contributed by atoms with Crippen LogP contribution in [0.15, 0.2) is 41.8 Å². The Morgan fingerprint density at radius 1 is 1.29 bits per heavy atom. The number of halogens is 1. The Hall–Kier alpha value is -1.19. The predicted octanol–water partition coefficient (Wildman–Crippen LogP) is 3.78. The molecule has 1 heterocycles. The number of hydrogen-bond donors (Lipinski definition) is 1. The van der Waals surface area contributed by atoms with Crippen molar-refractivity contribution in [1.82, 2.24) is 5.32 Å². The standard InChI is InChI=1S/C14H16FNS/c1-11(12-4-2-5-13(15)10-12)16-8-7-14-6-3-9-17-14/h2-6,9-11,16H,7-8H2,1H3/t11-/m1/s1. The molecule has 0 aliphatic rings. The topological polar surface area (TPSA) is 12.0 Å². The van der Waals surface area contributed by atoms with E-state index in [1.54, 1.807) is 23.5 Å². The lowest BCUT2D eigenvalue weighted by atomic mass is 10.1. The molecule has 0 amide bonds. The monoisotopic (exact) mass is 249 g/mol. The van der Waals surface area contributed by atoms with Crippen LogP contribution < -0.4 is 5.32 Å². The zero-order chi connectivity index (χ0) is 12.1. The maximum absolute atomic E-state index is 13.0. The zero-order valence-corrected chi connectivity index (χ0v) is 10.6. The third-order valence-electron chi connectivity index (χ3n) is 2.75. The molecule has 0 saturated carbocycles. The van der Waals surface area contributed by atoms with Crippen LogP contribution in [0.1, 0.15) is 23.4 Å². The first-order valence-electron chi connectivity index (χ1n) is 5.77. The van der Waals surface area contributed by atoms with Crippen molar-refractivity contribution in [3.63, 3.8) is 0 Å². The molecule has 0 unspecified atom stereocenters. The van der Waals surface area contributed by atoms with Crippen molar-refractivity contribution >= 4 is 11.3 Å². The van der Waals surface area contributed by atoms with Gasteiger partial charge >= 0.3 is 0 Å². The molecule has 2 rings (SSSR count). The van der Waals surface area contributed by atoms with Crippen molar-refractivity contribution in [2.24, 2.45) is 0 Å². The van der Waals surface area contributed by atoms with Gasteiger partial charge in [-0.1, -0.05) is 18.2 Å². The van der Waals surface area contributed by atoms with Crippen LogP contribution in [0.2, 0.25) is 0 Å². The van der Waals surface area contributed by atoms with Gasteiger partial charge in [0.1, 0.15) is 5.82 Å². The summed E-state index contributed by atoms with van der Waals surface area (Å²) >= 11 is 1.77. The second-order valence-electron chi connectivity index (χ2n) is 4.06. The van der Waals surface area contributed by atoms with E-state index in [1.807, 2.05) is 6.07 Å². The average Bonchev–Trinajstić information content (AvgIpc) is 2.82. The molecule has 90 valence electrons. The molecule has 1 nitrogen and oxygen atoms in total. The average molecular weight is 249 g/mol. The van der Waals surface area contributed by atoms with Gasteiger partial charge in [-0.3, -0.25) is 0 Å². The second kappa shape index (κ2) is 5.94. The lowest BCUT2D eigenvalue weighted by molar-refractivity contribution is 0.568. The van der Waals surface area contributed by atoms with Crippen molar-refractivity contribution in [3.8, 4) is 0 Å². The summed E-state index contributed by atoms with van der Waals surface area (Å²) in [6.07, 6.45) is 1.03. The molecule has 1 aromatic carbocycles. The van der Waals surface area contributed by atoms with Gasteiger partial charge in [-0.15, -0.1) is 11.3 Å². The molecular weight excluding hydrogens is 233 g/mol. The minimum absolute atomic E-state index is 0.172. The maximum Gasteiger partial charge on any atom is 0.123 e.